The summed E-state index contributed by atoms with van der Waals surface area (Å²) in [7, 11) is 1.77. The van der Waals surface area contributed by atoms with E-state index in [9.17, 15) is 13.6 Å². The fourth-order valence-corrected chi connectivity index (χ4v) is 2.47. The van der Waals surface area contributed by atoms with Gasteiger partial charge in [-0.3, -0.25) is 9.48 Å². The van der Waals surface area contributed by atoms with Gasteiger partial charge in [0, 0.05) is 19.4 Å². The van der Waals surface area contributed by atoms with Crippen LogP contribution in [0.25, 0.3) is 16.7 Å². The Morgan fingerprint density at radius 1 is 1.33 bits per heavy atom. The molecule has 10 heteroatoms. The van der Waals surface area contributed by atoms with Crippen molar-refractivity contribution >= 4 is 16.8 Å². The third kappa shape index (κ3) is 4.04. The molecule has 2 heterocycles. The summed E-state index contributed by atoms with van der Waals surface area (Å²) in [4.78, 5) is 11.4. The molecule has 0 bridgehead atoms. The molecular weight excluding hydrogens is 358 g/mol. The smallest absolute Gasteiger partial charge is 0.321 e. The molecule has 144 valence electrons. The van der Waals surface area contributed by atoms with Gasteiger partial charge in [-0.2, -0.15) is 13.9 Å². The van der Waals surface area contributed by atoms with Crippen LogP contribution in [0.4, 0.5) is 8.78 Å². The molecule has 3 rings (SSSR count). The van der Waals surface area contributed by atoms with E-state index in [1.807, 2.05) is 6.07 Å². The zero-order chi connectivity index (χ0) is 19.8. The average Bonchev–Trinajstić information content (AvgIpc) is 3.19. The summed E-state index contributed by atoms with van der Waals surface area (Å²) < 4.78 is 35.0. The Bertz CT molecular complexity index is 962. The number of aromatic nitrogens is 5. The van der Waals surface area contributed by atoms with Crippen LogP contribution < -0.4 is 10.1 Å². The number of fused-ring (bicyclic) bond motifs is 1. The number of ether oxygens (including phenoxy) is 1. The van der Waals surface area contributed by atoms with Gasteiger partial charge < -0.3 is 10.1 Å². The summed E-state index contributed by atoms with van der Waals surface area (Å²) in [5, 5.41) is 15.3. The van der Waals surface area contributed by atoms with Gasteiger partial charge in [0.25, 0.3) is 5.91 Å². The van der Waals surface area contributed by atoms with Gasteiger partial charge in [-0.05, 0) is 32.0 Å². The van der Waals surface area contributed by atoms with Crippen molar-refractivity contribution in [3.8, 4) is 11.6 Å². The van der Waals surface area contributed by atoms with Crippen molar-refractivity contribution in [1.82, 2.24) is 30.1 Å². The summed E-state index contributed by atoms with van der Waals surface area (Å²) in [6, 6.07) is 4.76. The molecular formula is C17H20F2N6O2. The highest BCUT2D eigenvalue weighted by molar-refractivity contribution is 5.83. The fraction of sp³-hybridized carbons (Fsp3) is 0.412. The van der Waals surface area contributed by atoms with Crippen LogP contribution in [0.1, 0.15) is 20.8 Å². The predicted molar refractivity (Wildman–Crippen MR) is 93.9 cm³/mol. The number of carbonyl (C=O) groups excluding carboxylic acids is 1. The van der Waals surface area contributed by atoms with E-state index in [4.69, 9.17) is 4.74 Å². The number of benzene rings is 1. The van der Waals surface area contributed by atoms with Crippen molar-refractivity contribution in [1.29, 1.82) is 0 Å². The lowest BCUT2D eigenvalue weighted by atomic mass is 10.2. The molecule has 2 atom stereocenters. The summed E-state index contributed by atoms with van der Waals surface area (Å²) in [6.45, 7) is 3.87. The van der Waals surface area contributed by atoms with Crippen molar-refractivity contribution < 1.29 is 18.3 Å². The summed E-state index contributed by atoms with van der Waals surface area (Å²) in [5.41, 5.74) is 0.822. The Kier molecular flexibility index (Phi) is 4.81. The van der Waals surface area contributed by atoms with Gasteiger partial charge in [0.2, 0.25) is 0 Å². The molecule has 0 aliphatic heterocycles. The van der Waals surface area contributed by atoms with E-state index in [0.29, 0.717) is 18.5 Å². The van der Waals surface area contributed by atoms with Gasteiger partial charge >= 0.3 is 5.92 Å². The Hall–Kier alpha value is -3.04. The Labute approximate surface area is 154 Å². The summed E-state index contributed by atoms with van der Waals surface area (Å²) >= 11 is 0. The molecule has 1 aromatic carbocycles. The van der Waals surface area contributed by atoms with Crippen LogP contribution in [-0.4, -0.2) is 48.7 Å². The Morgan fingerprint density at radius 3 is 2.70 bits per heavy atom. The molecule has 0 aliphatic rings. The van der Waals surface area contributed by atoms with Crippen LogP contribution in [0, 0.1) is 0 Å². The molecule has 8 nitrogen and oxygen atoms in total. The molecule has 0 saturated heterocycles. The van der Waals surface area contributed by atoms with Crippen LogP contribution in [0.2, 0.25) is 0 Å². The van der Waals surface area contributed by atoms with Crippen molar-refractivity contribution in [2.45, 2.75) is 38.8 Å². The SMILES string of the molecule is C[C@H](NC(=O)C(C)(F)F)[C@@H](C)Oc1ccc2c(cnn2-c2cn(C)nn2)c1. The number of nitrogens with one attached hydrogen (secondary N) is 1. The van der Waals surface area contributed by atoms with Crippen LogP contribution in [-0.2, 0) is 11.8 Å². The minimum absolute atomic E-state index is 0.510. The highest BCUT2D eigenvalue weighted by atomic mass is 19.3. The number of halogens is 2. The lowest BCUT2D eigenvalue weighted by Gasteiger charge is -2.24. The molecule has 0 radical (unpaired) electrons. The van der Waals surface area contributed by atoms with E-state index in [2.05, 4.69) is 20.7 Å². The van der Waals surface area contributed by atoms with Crippen molar-refractivity contribution in [3.63, 3.8) is 0 Å². The molecule has 1 amide bonds. The maximum Gasteiger partial charge on any atom is 0.321 e. The first-order chi connectivity index (χ1) is 12.6. The first kappa shape index (κ1) is 18.7. The maximum absolute atomic E-state index is 13.0. The van der Waals surface area contributed by atoms with Gasteiger partial charge in [-0.15, -0.1) is 5.10 Å². The number of alkyl halides is 2. The van der Waals surface area contributed by atoms with Gasteiger partial charge in [0.1, 0.15) is 11.9 Å². The zero-order valence-corrected chi connectivity index (χ0v) is 15.3. The molecule has 0 unspecified atom stereocenters. The van der Waals surface area contributed by atoms with E-state index < -0.39 is 24.0 Å². The second-order valence-corrected chi connectivity index (χ2v) is 6.50. The van der Waals surface area contributed by atoms with Crippen LogP contribution in [0.15, 0.2) is 30.6 Å². The maximum atomic E-state index is 13.0. The van der Waals surface area contributed by atoms with Gasteiger partial charge in [-0.25, -0.2) is 4.68 Å². The normalized spacial score (nSPS) is 14.1. The first-order valence-corrected chi connectivity index (χ1v) is 8.35. The van der Waals surface area contributed by atoms with Crippen molar-refractivity contribution in [2.24, 2.45) is 7.05 Å². The largest absolute Gasteiger partial charge is 0.489 e. The van der Waals surface area contributed by atoms with E-state index in [1.54, 1.807) is 54.8 Å². The first-order valence-electron chi connectivity index (χ1n) is 8.35. The summed E-state index contributed by atoms with van der Waals surface area (Å²) in [5.74, 6) is -3.63. The Balaban J connectivity index is 1.73. The number of nitrogens with zero attached hydrogens (tertiary/aromatic N) is 5. The molecule has 0 saturated carbocycles. The molecule has 0 spiro atoms. The molecule has 0 aliphatic carbocycles. The van der Waals surface area contributed by atoms with E-state index >= 15 is 0 Å². The number of aryl methyl sites for hydroxylation is 1. The third-order valence-electron chi connectivity index (χ3n) is 4.13. The monoisotopic (exact) mass is 378 g/mol. The lowest BCUT2D eigenvalue weighted by molar-refractivity contribution is -0.144. The number of carbonyl (C=O) groups is 1. The summed E-state index contributed by atoms with van der Waals surface area (Å²) in [6.07, 6.45) is 2.90. The Morgan fingerprint density at radius 2 is 2.07 bits per heavy atom. The van der Waals surface area contributed by atoms with E-state index in [-0.39, 0.29) is 0 Å². The van der Waals surface area contributed by atoms with Gasteiger partial charge in [0.05, 0.1) is 24.0 Å². The van der Waals surface area contributed by atoms with Crippen molar-refractivity contribution in [3.05, 3.63) is 30.6 Å². The quantitative estimate of drug-likeness (QED) is 0.710. The highest BCUT2D eigenvalue weighted by Crippen LogP contribution is 2.23. The molecule has 2 aromatic heterocycles. The zero-order valence-electron chi connectivity index (χ0n) is 15.3. The van der Waals surface area contributed by atoms with Crippen LogP contribution in [0.3, 0.4) is 0 Å². The number of hydrogen-bond donors (Lipinski definition) is 1. The van der Waals surface area contributed by atoms with E-state index in [1.165, 1.54) is 0 Å². The highest BCUT2D eigenvalue weighted by Gasteiger charge is 2.34. The molecule has 1 N–H and O–H groups in total. The number of amides is 1. The number of hydrogen-bond acceptors (Lipinski definition) is 5. The van der Waals surface area contributed by atoms with Gasteiger partial charge in [0.15, 0.2) is 5.82 Å². The standard InChI is InChI=1S/C17H20F2N6O2/c1-10(21-16(26)17(3,18)19)11(2)27-13-5-6-14-12(7-13)8-20-25(14)15-9-24(4)23-22-15/h5-11H,1-4H3,(H,21,26)/t10-,11+/m0/s1. The average molecular weight is 378 g/mol. The van der Waals surface area contributed by atoms with Crippen LogP contribution >= 0.6 is 0 Å². The molecule has 27 heavy (non-hydrogen) atoms. The number of rotatable bonds is 6. The van der Waals surface area contributed by atoms with Crippen LogP contribution in [0.5, 0.6) is 5.75 Å². The third-order valence-corrected chi connectivity index (χ3v) is 4.13. The lowest BCUT2D eigenvalue weighted by Crippen LogP contribution is -2.48. The topological polar surface area (TPSA) is 86.9 Å². The molecule has 0 fully saturated rings. The minimum atomic E-state index is -3.43. The molecule has 3 aromatic rings. The predicted octanol–water partition coefficient (Wildman–Crippen LogP) is 2.08. The second-order valence-electron chi connectivity index (χ2n) is 6.50. The second kappa shape index (κ2) is 6.93. The van der Waals surface area contributed by atoms with Gasteiger partial charge in [-0.1, -0.05) is 5.21 Å². The minimum Gasteiger partial charge on any atom is -0.489 e. The van der Waals surface area contributed by atoms with Crippen molar-refractivity contribution in [2.75, 3.05) is 0 Å². The fourth-order valence-electron chi connectivity index (χ4n) is 2.47. The van der Waals surface area contributed by atoms with E-state index in [0.717, 1.165) is 10.9 Å².